The number of halogens is 1. The maximum absolute atomic E-state index is 11.7. The summed E-state index contributed by atoms with van der Waals surface area (Å²) in [5, 5.41) is 2.71. The summed E-state index contributed by atoms with van der Waals surface area (Å²) in [5.74, 6) is 0.564. The highest BCUT2D eigenvalue weighted by Gasteiger charge is 2.17. The lowest BCUT2D eigenvalue weighted by molar-refractivity contribution is -0.127. The van der Waals surface area contributed by atoms with Crippen LogP contribution in [0.2, 0.25) is 0 Å². The van der Waals surface area contributed by atoms with Crippen LogP contribution in [0.5, 0.6) is 5.75 Å². The second kappa shape index (κ2) is 8.12. The maximum Gasteiger partial charge on any atom is 0.260 e. The summed E-state index contributed by atoms with van der Waals surface area (Å²) in [6.07, 6.45) is -0.526. The Labute approximate surface area is 127 Å². The molecule has 0 saturated heterocycles. The first-order valence-electron chi connectivity index (χ1n) is 6.59. The molecule has 0 fully saturated rings. The summed E-state index contributed by atoms with van der Waals surface area (Å²) in [5.41, 5.74) is 6.58. The molecule has 1 rings (SSSR count). The van der Waals surface area contributed by atoms with Crippen molar-refractivity contribution in [1.29, 1.82) is 0 Å². The Hall–Kier alpha value is -1.26. The molecule has 4 nitrogen and oxygen atoms in total. The monoisotopic (exact) mass is 300 g/mol. The number of amides is 1. The Morgan fingerprint density at radius 1 is 1.40 bits per heavy atom. The van der Waals surface area contributed by atoms with E-state index in [4.69, 9.17) is 10.5 Å². The molecule has 3 N–H and O–H groups in total. The van der Waals surface area contributed by atoms with Gasteiger partial charge in [0.2, 0.25) is 0 Å². The van der Waals surface area contributed by atoms with Crippen molar-refractivity contribution in [1.82, 2.24) is 5.32 Å². The summed E-state index contributed by atoms with van der Waals surface area (Å²) >= 11 is 0. The first-order valence-corrected chi connectivity index (χ1v) is 6.59. The number of carbonyl (C=O) groups excluding carboxylic acids is 1. The van der Waals surface area contributed by atoms with Gasteiger partial charge >= 0.3 is 0 Å². The quantitative estimate of drug-likeness (QED) is 0.876. The number of ether oxygens (including phenoxy) is 1. The van der Waals surface area contributed by atoms with Crippen LogP contribution in [-0.2, 0) is 10.2 Å². The van der Waals surface area contributed by atoms with Crippen molar-refractivity contribution in [3.05, 3.63) is 29.8 Å². The minimum Gasteiger partial charge on any atom is -0.481 e. The topological polar surface area (TPSA) is 64.3 Å². The summed E-state index contributed by atoms with van der Waals surface area (Å²) in [6.45, 7) is 9.05. The van der Waals surface area contributed by atoms with Crippen LogP contribution in [-0.4, -0.2) is 25.1 Å². The van der Waals surface area contributed by atoms with Crippen LogP contribution in [0.15, 0.2) is 24.3 Å². The average Bonchev–Trinajstić information content (AvgIpc) is 2.35. The van der Waals surface area contributed by atoms with E-state index < -0.39 is 6.10 Å². The predicted octanol–water partition coefficient (Wildman–Crippen LogP) is 2.25. The second-order valence-electron chi connectivity index (χ2n) is 5.62. The SMILES string of the molecule is CC(Oc1cccc(C(C)(C)C)c1)C(=O)NCCN.Cl. The van der Waals surface area contributed by atoms with E-state index in [0.717, 1.165) is 0 Å². The van der Waals surface area contributed by atoms with Gasteiger partial charge in [-0.2, -0.15) is 0 Å². The molecule has 0 radical (unpaired) electrons. The molecule has 5 heteroatoms. The van der Waals surface area contributed by atoms with Crippen LogP contribution in [0, 0.1) is 0 Å². The Morgan fingerprint density at radius 2 is 2.05 bits per heavy atom. The summed E-state index contributed by atoms with van der Waals surface area (Å²) < 4.78 is 5.66. The molecule has 0 bridgehead atoms. The van der Waals surface area contributed by atoms with Crippen molar-refractivity contribution in [2.75, 3.05) is 13.1 Å². The molecule has 0 aliphatic rings. The number of hydrogen-bond donors (Lipinski definition) is 2. The van der Waals surface area contributed by atoms with Gasteiger partial charge in [-0.15, -0.1) is 12.4 Å². The standard InChI is InChI=1S/C15H24N2O2.ClH/c1-11(14(18)17-9-8-16)19-13-7-5-6-12(10-13)15(2,3)4;/h5-7,10-11H,8-9,16H2,1-4H3,(H,17,18);1H. The molecule has 0 aliphatic carbocycles. The van der Waals surface area contributed by atoms with E-state index in [-0.39, 0.29) is 23.7 Å². The molecule has 20 heavy (non-hydrogen) atoms. The van der Waals surface area contributed by atoms with Gasteiger partial charge in [0.05, 0.1) is 0 Å². The number of benzene rings is 1. The van der Waals surface area contributed by atoms with E-state index in [2.05, 4.69) is 32.2 Å². The van der Waals surface area contributed by atoms with Crippen molar-refractivity contribution in [2.45, 2.75) is 39.2 Å². The van der Waals surface area contributed by atoms with Gasteiger partial charge in [-0.3, -0.25) is 4.79 Å². The van der Waals surface area contributed by atoms with Gasteiger partial charge in [0.1, 0.15) is 5.75 Å². The van der Waals surface area contributed by atoms with Gasteiger partial charge in [0.25, 0.3) is 5.91 Å². The number of hydrogen-bond acceptors (Lipinski definition) is 3. The molecule has 1 unspecified atom stereocenters. The van der Waals surface area contributed by atoms with Crippen LogP contribution in [0.1, 0.15) is 33.3 Å². The van der Waals surface area contributed by atoms with E-state index in [1.54, 1.807) is 6.92 Å². The fourth-order valence-corrected chi connectivity index (χ4v) is 1.63. The third kappa shape index (κ3) is 5.80. The normalized spacial score (nSPS) is 12.2. The molecule has 0 aliphatic heterocycles. The highest BCUT2D eigenvalue weighted by molar-refractivity contribution is 5.85. The van der Waals surface area contributed by atoms with Gasteiger partial charge in [-0.1, -0.05) is 32.9 Å². The molecule has 0 saturated carbocycles. The Morgan fingerprint density at radius 3 is 2.60 bits per heavy atom. The molecule has 0 aromatic heterocycles. The van der Waals surface area contributed by atoms with Gasteiger partial charge in [-0.25, -0.2) is 0 Å². The minimum absolute atomic E-state index is 0. The molecule has 0 spiro atoms. The lowest BCUT2D eigenvalue weighted by Crippen LogP contribution is -2.38. The van der Waals surface area contributed by atoms with Crippen molar-refractivity contribution >= 4 is 18.3 Å². The number of rotatable bonds is 5. The largest absolute Gasteiger partial charge is 0.481 e. The Balaban J connectivity index is 0.00000361. The second-order valence-corrected chi connectivity index (χ2v) is 5.62. The summed E-state index contributed by atoms with van der Waals surface area (Å²) in [4.78, 5) is 11.7. The molecule has 1 atom stereocenters. The fourth-order valence-electron chi connectivity index (χ4n) is 1.63. The third-order valence-corrected chi connectivity index (χ3v) is 2.83. The van der Waals surface area contributed by atoms with Crippen LogP contribution in [0.3, 0.4) is 0 Å². The zero-order valence-electron chi connectivity index (χ0n) is 12.6. The predicted molar refractivity (Wildman–Crippen MR) is 84.5 cm³/mol. The number of nitrogens with one attached hydrogen (secondary N) is 1. The maximum atomic E-state index is 11.7. The highest BCUT2D eigenvalue weighted by Crippen LogP contribution is 2.25. The van der Waals surface area contributed by atoms with Crippen molar-refractivity contribution < 1.29 is 9.53 Å². The minimum atomic E-state index is -0.526. The van der Waals surface area contributed by atoms with Crippen LogP contribution in [0.4, 0.5) is 0 Å². The summed E-state index contributed by atoms with van der Waals surface area (Å²) in [6, 6.07) is 7.85. The van der Waals surface area contributed by atoms with Crippen LogP contribution in [0.25, 0.3) is 0 Å². The smallest absolute Gasteiger partial charge is 0.260 e. The first kappa shape index (κ1) is 18.7. The first-order chi connectivity index (χ1) is 8.84. The molecule has 1 aromatic rings. The van der Waals surface area contributed by atoms with Crippen molar-refractivity contribution in [3.63, 3.8) is 0 Å². The molecule has 0 heterocycles. The molecular weight excluding hydrogens is 276 g/mol. The Kier molecular flexibility index (Phi) is 7.61. The zero-order chi connectivity index (χ0) is 14.5. The number of nitrogens with two attached hydrogens (primary N) is 1. The van der Waals surface area contributed by atoms with Gasteiger partial charge in [0, 0.05) is 13.1 Å². The highest BCUT2D eigenvalue weighted by atomic mass is 35.5. The lowest BCUT2D eigenvalue weighted by atomic mass is 9.87. The van der Waals surface area contributed by atoms with E-state index in [9.17, 15) is 4.79 Å². The molecule has 1 amide bonds. The number of carbonyl (C=O) groups is 1. The van der Waals surface area contributed by atoms with E-state index in [1.807, 2.05) is 18.2 Å². The van der Waals surface area contributed by atoms with E-state index in [0.29, 0.717) is 18.8 Å². The van der Waals surface area contributed by atoms with Gasteiger partial charge in [-0.05, 0) is 30.0 Å². The van der Waals surface area contributed by atoms with Gasteiger partial charge < -0.3 is 15.8 Å². The van der Waals surface area contributed by atoms with Crippen LogP contribution >= 0.6 is 12.4 Å². The average molecular weight is 301 g/mol. The van der Waals surface area contributed by atoms with Gasteiger partial charge in [0.15, 0.2) is 6.10 Å². The zero-order valence-corrected chi connectivity index (χ0v) is 13.4. The third-order valence-electron chi connectivity index (χ3n) is 2.83. The van der Waals surface area contributed by atoms with Crippen molar-refractivity contribution in [2.24, 2.45) is 5.73 Å². The lowest BCUT2D eigenvalue weighted by Gasteiger charge is -2.21. The molecule has 1 aromatic carbocycles. The fraction of sp³-hybridized carbons (Fsp3) is 0.533. The van der Waals surface area contributed by atoms with Crippen LogP contribution < -0.4 is 15.8 Å². The Bertz CT molecular complexity index is 430. The van der Waals surface area contributed by atoms with E-state index >= 15 is 0 Å². The van der Waals surface area contributed by atoms with E-state index in [1.165, 1.54) is 5.56 Å². The molecule has 114 valence electrons. The van der Waals surface area contributed by atoms with Crippen molar-refractivity contribution in [3.8, 4) is 5.75 Å². The molecular formula is C15H25ClN2O2. The summed E-state index contributed by atoms with van der Waals surface area (Å²) in [7, 11) is 0.